The van der Waals surface area contributed by atoms with E-state index in [1.165, 1.54) is 12.6 Å². The lowest BCUT2D eigenvalue weighted by atomic mass is 9.97. The number of hydrogen-bond acceptors (Lipinski definition) is 4. The number of nitrogens with one attached hydrogen (secondary N) is 1. The van der Waals surface area contributed by atoms with Crippen LogP contribution in [0.3, 0.4) is 0 Å². The van der Waals surface area contributed by atoms with E-state index in [4.69, 9.17) is 4.42 Å². The third-order valence-electron chi connectivity index (χ3n) is 3.01. The maximum atomic E-state index is 11.8. The zero-order valence-electron chi connectivity index (χ0n) is 7.64. The van der Waals surface area contributed by atoms with E-state index in [-0.39, 0.29) is 5.91 Å². The summed E-state index contributed by atoms with van der Waals surface area (Å²) < 4.78 is 4.98. The first-order valence-corrected chi connectivity index (χ1v) is 4.79. The molecule has 0 radical (unpaired) electrons. The average molecular weight is 193 g/mol. The van der Waals surface area contributed by atoms with Gasteiger partial charge in [-0.15, -0.1) is 0 Å². The summed E-state index contributed by atoms with van der Waals surface area (Å²) in [5.41, 5.74) is 0. The van der Waals surface area contributed by atoms with Crippen molar-refractivity contribution < 1.29 is 9.21 Å². The summed E-state index contributed by atoms with van der Waals surface area (Å²) in [7, 11) is 0. The van der Waals surface area contributed by atoms with Gasteiger partial charge in [-0.3, -0.25) is 4.79 Å². The van der Waals surface area contributed by atoms with Gasteiger partial charge in [-0.25, -0.2) is 4.98 Å². The highest BCUT2D eigenvalue weighted by molar-refractivity contribution is 5.92. The molecule has 3 rings (SSSR count). The molecule has 2 fully saturated rings. The molecule has 0 saturated carbocycles. The summed E-state index contributed by atoms with van der Waals surface area (Å²) in [5.74, 6) is 0.308. The molecule has 2 atom stereocenters. The molecule has 0 bridgehead atoms. The molecule has 2 aliphatic heterocycles. The zero-order valence-corrected chi connectivity index (χ0v) is 7.64. The van der Waals surface area contributed by atoms with E-state index in [0.717, 1.165) is 19.5 Å². The van der Waals surface area contributed by atoms with Crippen LogP contribution >= 0.6 is 0 Å². The first-order chi connectivity index (χ1) is 6.86. The van der Waals surface area contributed by atoms with Gasteiger partial charge in [0, 0.05) is 12.6 Å². The molecule has 5 heteroatoms. The molecule has 74 valence electrons. The van der Waals surface area contributed by atoms with Gasteiger partial charge in [-0.1, -0.05) is 0 Å². The van der Waals surface area contributed by atoms with Gasteiger partial charge in [-0.2, -0.15) is 0 Å². The lowest BCUT2D eigenvalue weighted by Crippen LogP contribution is -2.62. The normalized spacial score (nSPS) is 29.9. The number of hydrogen-bond donors (Lipinski definition) is 1. The fraction of sp³-hybridized carbons (Fsp3) is 0.556. The van der Waals surface area contributed by atoms with Gasteiger partial charge < -0.3 is 14.6 Å². The Morgan fingerprint density at radius 1 is 1.71 bits per heavy atom. The van der Waals surface area contributed by atoms with E-state index in [1.54, 1.807) is 0 Å². The first-order valence-electron chi connectivity index (χ1n) is 4.79. The third kappa shape index (κ3) is 0.988. The van der Waals surface area contributed by atoms with E-state index in [2.05, 4.69) is 10.3 Å². The molecule has 14 heavy (non-hydrogen) atoms. The minimum absolute atomic E-state index is 0.0348. The Morgan fingerprint density at radius 2 is 2.64 bits per heavy atom. The molecule has 2 saturated heterocycles. The fourth-order valence-electron chi connectivity index (χ4n) is 2.22. The van der Waals surface area contributed by atoms with E-state index >= 15 is 0 Å². The van der Waals surface area contributed by atoms with Crippen molar-refractivity contribution in [1.82, 2.24) is 15.2 Å². The monoisotopic (exact) mass is 193 g/mol. The highest BCUT2D eigenvalue weighted by Crippen LogP contribution is 2.27. The van der Waals surface area contributed by atoms with Crippen molar-refractivity contribution >= 4 is 5.91 Å². The molecule has 1 aromatic rings. The summed E-state index contributed by atoms with van der Waals surface area (Å²) in [4.78, 5) is 17.4. The molecule has 0 aromatic carbocycles. The number of carbonyl (C=O) groups excluding carboxylic acids is 1. The number of carbonyl (C=O) groups is 1. The van der Waals surface area contributed by atoms with Gasteiger partial charge in [0.2, 0.25) is 5.76 Å². The first kappa shape index (κ1) is 7.99. The number of rotatable bonds is 1. The third-order valence-corrected chi connectivity index (χ3v) is 3.01. The smallest absolute Gasteiger partial charge is 0.291 e. The average Bonchev–Trinajstić information content (AvgIpc) is 2.75. The second-order valence-corrected chi connectivity index (χ2v) is 3.74. The van der Waals surface area contributed by atoms with Crippen LogP contribution < -0.4 is 5.32 Å². The topological polar surface area (TPSA) is 58.4 Å². The maximum absolute atomic E-state index is 11.8. The van der Waals surface area contributed by atoms with E-state index < -0.39 is 0 Å². The van der Waals surface area contributed by atoms with Crippen molar-refractivity contribution in [3.8, 4) is 0 Å². The van der Waals surface area contributed by atoms with Gasteiger partial charge in [0.25, 0.3) is 5.91 Å². The summed E-state index contributed by atoms with van der Waals surface area (Å²) >= 11 is 0. The molecule has 0 aliphatic carbocycles. The molecule has 5 nitrogen and oxygen atoms in total. The zero-order chi connectivity index (χ0) is 9.54. The Hall–Kier alpha value is -1.36. The van der Waals surface area contributed by atoms with Crippen molar-refractivity contribution in [2.24, 2.45) is 0 Å². The number of fused-ring (bicyclic) bond motifs is 1. The van der Waals surface area contributed by atoms with Crippen molar-refractivity contribution in [1.29, 1.82) is 0 Å². The van der Waals surface area contributed by atoms with E-state index in [9.17, 15) is 4.79 Å². The standard InChI is InChI=1S/C9H11N3O2/c13-9(8-3-10-5-14-8)12-4-6-7(12)1-2-11-6/h3,5-7,11H,1-2,4H2. The summed E-state index contributed by atoms with van der Waals surface area (Å²) in [6.07, 6.45) is 3.81. The van der Waals surface area contributed by atoms with Crippen LogP contribution in [0.5, 0.6) is 0 Å². The molecule has 1 N–H and O–H groups in total. The van der Waals surface area contributed by atoms with Crippen molar-refractivity contribution in [3.05, 3.63) is 18.4 Å². The lowest BCUT2D eigenvalue weighted by molar-refractivity contribution is 0.0379. The molecular formula is C9H11N3O2. The van der Waals surface area contributed by atoms with Crippen LogP contribution in [0, 0.1) is 0 Å². The second kappa shape index (κ2) is 2.81. The Bertz CT molecular complexity index is 349. The molecule has 1 aromatic heterocycles. The van der Waals surface area contributed by atoms with Crippen LogP contribution in [-0.2, 0) is 0 Å². The van der Waals surface area contributed by atoms with Gasteiger partial charge in [0.1, 0.15) is 0 Å². The molecule has 2 aliphatic rings. The number of oxazole rings is 1. The Labute approximate surface area is 81.1 Å². The minimum atomic E-state index is -0.0348. The van der Waals surface area contributed by atoms with Crippen LogP contribution in [-0.4, -0.2) is 41.0 Å². The molecular weight excluding hydrogens is 182 g/mol. The number of aromatic nitrogens is 1. The SMILES string of the molecule is O=C(c1cnco1)N1CC2NCCC21. The largest absolute Gasteiger partial charge is 0.438 e. The molecule has 1 amide bonds. The Kier molecular flexibility index (Phi) is 1.61. The van der Waals surface area contributed by atoms with Gasteiger partial charge >= 0.3 is 0 Å². The highest BCUT2D eigenvalue weighted by Gasteiger charge is 2.45. The second-order valence-electron chi connectivity index (χ2n) is 3.74. The lowest BCUT2D eigenvalue weighted by Gasteiger charge is -2.43. The van der Waals surface area contributed by atoms with Gasteiger partial charge in [0.15, 0.2) is 6.39 Å². The number of likely N-dealkylation sites (tertiary alicyclic amines) is 1. The minimum Gasteiger partial charge on any atom is -0.438 e. The number of nitrogens with zero attached hydrogens (tertiary/aromatic N) is 2. The van der Waals surface area contributed by atoms with E-state index in [1.807, 2.05) is 4.90 Å². The van der Waals surface area contributed by atoms with Crippen LogP contribution in [0.2, 0.25) is 0 Å². The van der Waals surface area contributed by atoms with Crippen LogP contribution in [0.25, 0.3) is 0 Å². The van der Waals surface area contributed by atoms with Crippen LogP contribution in [0.15, 0.2) is 17.0 Å². The molecule has 2 unspecified atom stereocenters. The predicted molar refractivity (Wildman–Crippen MR) is 47.7 cm³/mol. The van der Waals surface area contributed by atoms with Crippen molar-refractivity contribution in [2.75, 3.05) is 13.1 Å². The quantitative estimate of drug-likeness (QED) is 0.674. The van der Waals surface area contributed by atoms with Gasteiger partial charge in [0.05, 0.1) is 12.2 Å². The summed E-state index contributed by atoms with van der Waals surface area (Å²) in [6.45, 7) is 1.81. The summed E-state index contributed by atoms with van der Waals surface area (Å²) in [6, 6.07) is 0.870. The maximum Gasteiger partial charge on any atom is 0.291 e. The Balaban J connectivity index is 1.75. The molecule has 0 spiro atoms. The number of amides is 1. The Morgan fingerprint density at radius 3 is 3.36 bits per heavy atom. The summed E-state index contributed by atoms with van der Waals surface area (Å²) in [5, 5.41) is 3.35. The van der Waals surface area contributed by atoms with Crippen LogP contribution in [0.4, 0.5) is 0 Å². The van der Waals surface area contributed by atoms with Crippen LogP contribution in [0.1, 0.15) is 17.0 Å². The van der Waals surface area contributed by atoms with Crippen molar-refractivity contribution in [3.63, 3.8) is 0 Å². The highest BCUT2D eigenvalue weighted by atomic mass is 16.3. The molecule has 3 heterocycles. The van der Waals surface area contributed by atoms with Gasteiger partial charge in [-0.05, 0) is 13.0 Å². The fourth-order valence-corrected chi connectivity index (χ4v) is 2.22. The van der Waals surface area contributed by atoms with E-state index in [0.29, 0.717) is 17.8 Å². The van der Waals surface area contributed by atoms with Crippen molar-refractivity contribution in [2.45, 2.75) is 18.5 Å². The predicted octanol–water partition coefficient (Wildman–Crippen LogP) is -0.139.